The largest absolute Gasteiger partial charge is 0.417 e. The summed E-state index contributed by atoms with van der Waals surface area (Å²) < 4.78 is 15.2. The SMILES string of the molecule is CC(C)Cc1cc2[n+](cc1[Si](C)(C)C)C1(c3ccccc3-c3cccc[n+]31)c1ccccc1-2.CC1(C)c2ccccc2-c2cc3c(cc21)C(C)(C)c1cc(-c2cc(-c4ccc5ccc(-c6ccccc6)cc5c4)cc4ccccc24)ccc1-3.Cc1cc2[n+](cc1[Si](C)(C)C)C1(c3ccccc3-c3cccc[n+]31)c1ccccc1-2.Cc1cc2[n+](cc1[Si](C)(C)C)C1(c3ccccc3-c3cccc[n+]31)c1ccccc1-2. The van der Waals surface area contributed by atoms with Gasteiger partial charge in [0.1, 0.15) is 33.4 Å². The van der Waals surface area contributed by atoms with Gasteiger partial charge in [-0.3, -0.25) is 0 Å². The minimum atomic E-state index is -1.57. The third kappa shape index (κ3) is 13.3. The van der Waals surface area contributed by atoms with E-state index in [-0.39, 0.29) is 27.8 Å². The molecule has 0 saturated carbocycles. The van der Waals surface area contributed by atoms with Crippen LogP contribution in [0, 0.1) is 19.8 Å². The van der Waals surface area contributed by atoms with E-state index in [9.17, 15) is 0 Å². The predicted molar refractivity (Wildman–Crippen MR) is 597 cm³/mol. The van der Waals surface area contributed by atoms with Crippen LogP contribution in [0.25, 0.3) is 145 Å². The third-order valence-electron chi connectivity index (χ3n) is 32.8. The molecule has 8 aliphatic rings. The average Bonchev–Trinajstić information content (AvgIpc) is 1.51. The van der Waals surface area contributed by atoms with E-state index in [0.29, 0.717) is 5.92 Å². The van der Waals surface area contributed by atoms with Crippen LogP contribution in [0.5, 0.6) is 0 Å². The smallest absolute Gasteiger partial charge is 0.126 e. The number of hydrogen-bond acceptors (Lipinski definition) is 0. The first-order valence-electron chi connectivity index (χ1n) is 51.4. The van der Waals surface area contributed by atoms with Crippen molar-refractivity contribution in [1.82, 2.24) is 0 Å². The lowest BCUT2D eigenvalue weighted by molar-refractivity contribution is -0.955. The third-order valence-corrected chi connectivity index (χ3v) is 39.1. The van der Waals surface area contributed by atoms with Gasteiger partial charge >= 0.3 is 17.0 Å². The van der Waals surface area contributed by atoms with E-state index in [1.54, 1.807) is 5.19 Å². The van der Waals surface area contributed by atoms with Gasteiger partial charge < -0.3 is 0 Å². The molecule has 694 valence electrons. The number of rotatable bonds is 8. The molecule has 0 amide bonds. The van der Waals surface area contributed by atoms with E-state index in [2.05, 4.69) is 555 Å². The first kappa shape index (κ1) is 89.5. The van der Waals surface area contributed by atoms with Gasteiger partial charge in [0, 0.05) is 81.0 Å². The van der Waals surface area contributed by atoms with E-state index >= 15 is 0 Å². The normalized spacial score (nSPS) is 16.9. The van der Waals surface area contributed by atoms with Gasteiger partial charge in [-0.05, 0) is 270 Å². The maximum atomic E-state index is 2.60. The van der Waals surface area contributed by atoms with Crippen molar-refractivity contribution in [3.05, 3.63) is 486 Å². The molecule has 0 saturated heterocycles. The van der Waals surface area contributed by atoms with E-state index < -0.39 is 24.2 Å². The molecular formula is C134H122N6Si3+6. The zero-order valence-corrected chi connectivity index (χ0v) is 88.2. The fraction of sp³-hybridized carbons (Fsp3) is 0.179. The topological polar surface area (TPSA) is 23.3 Å². The van der Waals surface area contributed by atoms with Crippen LogP contribution in [0.2, 0.25) is 58.9 Å². The highest BCUT2D eigenvalue weighted by Gasteiger charge is 2.70. The van der Waals surface area contributed by atoms with Crippen molar-refractivity contribution in [2.45, 2.75) is 149 Å². The molecule has 6 aromatic heterocycles. The quantitative estimate of drug-likeness (QED) is 0.107. The number of fused-ring (bicyclic) bond motifs is 38. The Morgan fingerprint density at radius 2 is 0.566 bits per heavy atom. The van der Waals surface area contributed by atoms with Crippen LogP contribution in [-0.2, 0) is 34.2 Å². The molecule has 3 spiro atoms. The van der Waals surface area contributed by atoms with Gasteiger partial charge in [0.15, 0.2) is 37.2 Å². The lowest BCUT2D eigenvalue weighted by atomic mass is 9.77. The van der Waals surface area contributed by atoms with Crippen molar-refractivity contribution in [2.24, 2.45) is 5.92 Å². The summed E-state index contributed by atoms with van der Waals surface area (Å²) in [6, 6.07) is 140. The minimum absolute atomic E-state index is 0.0117. The average molecular weight is 1900 g/mol. The molecule has 0 N–H and O–H groups in total. The number of aromatic nitrogens is 6. The second kappa shape index (κ2) is 32.6. The van der Waals surface area contributed by atoms with Gasteiger partial charge in [0.25, 0.3) is 0 Å². The summed E-state index contributed by atoms with van der Waals surface area (Å²) in [6.45, 7) is 41.0. The fourth-order valence-electron chi connectivity index (χ4n) is 26.5. The highest BCUT2D eigenvalue weighted by atomic mass is 28.3. The maximum absolute atomic E-state index is 2.60. The summed E-state index contributed by atoms with van der Waals surface area (Å²) in [5.41, 5.74) is 45.8. The number of aryl methyl sites for hydroxylation is 2. The van der Waals surface area contributed by atoms with Crippen LogP contribution in [0.15, 0.2) is 413 Å². The van der Waals surface area contributed by atoms with Crippen molar-refractivity contribution in [3.8, 4) is 123 Å². The van der Waals surface area contributed by atoms with Crippen LogP contribution in [0.1, 0.15) is 114 Å². The van der Waals surface area contributed by atoms with Crippen molar-refractivity contribution in [3.63, 3.8) is 0 Å². The molecule has 6 aliphatic heterocycles. The Labute approximate surface area is 845 Å². The summed E-state index contributed by atoms with van der Waals surface area (Å²) in [5, 5.41) is 9.70. The van der Waals surface area contributed by atoms with Crippen LogP contribution < -0.4 is 43.0 Å². The lowest BCUT2D eigenvalue weighted by Gasteiger charge is -2.26. The Hall–Kier alpha value is -14.8. The second-order valence-electron chi connectivity index (χ2n) is 45.6. The maximum Gasteiger partial charge on any atom is 0.417 e. The van der Waals surface area contributed by atoms with Crippen LogP contribution in [0.3, 0.4) is 0 Å². The van der Waals surface area contributed by atoms with Crippen LogP contribution >= 0.6 is 0 Å². The predicted octanol–water partition coefficient (Wildman–Crippen LogP) is 27.6. The van der Waals surface area contributed by atoms with E-state index in [4.69, 9.17) is 0 Å². The van der Waals surface area contributed by atoms with Gasteiger partial charge in [0.05, 0.1) is 57.6 Å². The van der Waals surface area contributed by atoms with E-state index in [1.165, 1.54) is 227 Å². The molecule has 2 aliphatic carbocycles. The molecule has 0 bridgehead atoms. The molecule has 28 rings (SSSR count). The summed E-state index contributed by atoms with van der Waals surface area (Å²) in [4.78, 5) is 0. The van der Waals surface area contributed by atoms with Gasteiger partial charge in [-0.15, -0.1) is 27.4 Å². The van der Waals surface area contributed by atoms with Gasteiger partial charge in [-0.25, -0.2) is 0 Å². The molecule has 12 heterocycles. The molecule has 20 aromatic rings. The Balaban J connectivity index is 0.000000103. The number of nitrogens with zero attached hydrogens (tertiary/aromatic N) is 6. The first-order valence-corrected chi connectivity index (χ1v) is 61.9. The molecule has 9 heteroatoms. The molecule has 14 aromatic carbocycles. The minimum Gasteiger partial charge on any atom is -0.126 e. The van der Waals surface area contributed by atoms with E-state index in [1.807, 2.05) is 0 Å². The number of hydrogen-bond donors (Lipinski definition) is 0. The highest BCUT2D eigenvalue weighted by Crippen LogP contribution is 2.58. The Kier molecular flexibility index (Phi) is 20.4. The second-order valence-corrected chi connectivity index (χ2v) is 60.7. The molecule has 6 nitrogen and oxygen atoms in total. The van der Waals surface area contributed by atoms with Gasteiger partial charge in [-0.2, -0.15) is 0 Å². The van der Waals surface area contributed by atoms with Gasteiger partial charge in [-0.1, -0.05) is 295 Å². The Bertz CT molecular complexity index is 8430. The number of pyridine rings is 6. The first-order chi connectivity index (χ1) is 69.0. The molecule has 143 heavy (non-hydrogen) atoms. The zero-order chi connectivity index (χ0) is 98.1. The fourth-order valence-corrected chi connectivity index (χ4v) is 31.7. The zero-order valence-electron chi connectivity index (χ0n) is 85.2. The van der Waals surface area contributed by atoms with Crippen molar-refractivity contribution in [1.29, 1.82) is 0 Å². The number of benzene rings is 14. The molecular weight excluding hydrogens is 1780 g/mol. The molecule has 0 radical (unpaired) electrons. The monoisotopic (exact) mass is 1900 g/mol. The Morgan fingerprint density at radius 3 is 1.01 bits per heavy atom. The highest BCUT2D eigenvalue weighted by molar-refractivity contribution is 6.90. The molecule has 0 fully saturated rings. The van der Waals surface area contributed by atoms with Crippen molar-refractivity contribution < 1.29 is 27.4 Å². The van der Waals surface area contributed by atoms with E-state index in [0.717, 1.165) is 6.42 Å². The van der Waals surface area contributed by atoms with Crippen molar-refractivity contribution >= 4 is 61.3 Å². The summed E-state index contributed by atoms with van der Waals surface area (Å²) >= 11 is 0. The van der Waals surface area contributed by atoms with Crippen molar-refractivity contribution in [2.75, 3.05) is 0 Å². The Morgan fingerprint density at radius 1 is 0.224 bits per heavy atom. The standard InChI is InChI=1S/C50H38.C30H32N2Si.2C27H26N2Si/c1-49(2)45-17-11-10-16-40(45)43-29-44-41-23-22-36(28-46(41)50(3,4)48(44)30-47(43)49)42-27-38(26-35-14-8-9-15-39(35)42)34-21-19-32-18-20-33(24-37(32)25-34)31-12-6-5-7-13-31;1-21(2)18-22-19-28-24-13-7-9-15-26(24)30(32(28)20-29(22)33(3,4)5)25-14-8-6-12-23(25)27-16-10-11-17-31(27)30;2*1-19-17-25-21-12-6-8-14-23(21)27(29(25)18-26(19)30(2,3)4)22-13-7-5-11-20(22)24-15-9-10-16-28(24)27/h5-30H,1-4H3;6-17,19-21H,18H2,1-5H3;2*5-18H,1-4H3/q;3*+2. The van der Waals surface area contributed by atoms with Gasteiger partial charge in [0.2, 0.25) is 34.2 Å². The molecule has 3 unspecified atom stereocenters. The molecule has 3 atom stereocenters. The lowest BCUT2D eigenvalue weighted by Crippen LogP contribution is -2.72. The summed E-state index contributed by atoms with van der Waals surface area (Å²) in [5.74, 6) is 0.635. The summed E-state index contributed by atoms with van der Waals surface area (Å²) in [7, 11) is -4.58. The van der Waals surface area contributed by atoms with Crippen LogP contribution in [0.4, 0.5) is 0 Å². The van der Waals surface area contributed by atoms with Crippen LogP contribution in [-0.4, -0.2) is 24.2 Å². The summed E-state index contributed by atoms with van der Waals surface area (Å²) in [6.07, 6.45) is 15.4.